The van der Waals surface area contributed by atoms with Gasteiger partial charge < -0.3 is 0 Å². The molecule has 0 nitrogen and oxygen atoms in total. The van der Waals surface area contributed by atoms with Crippen molar-refractivity contribution in [1.29, 1.82) is 0 Å². The van der Waals surface area contributed by atoms with Crippen LogP contribution in [0.4, 0.5) is 0 Å². The Morgan fingerprint density at radius 2 is 2.17 bits per heavy atom. The average molecular weight is 83.2 g/mol. The second kappa shape index (κ2) is 2.95. The lowest BCUT2D eigenvalue weighted by atomic mass is 10.2. The molecular weight excluding hydrogens is 72.1 g/mol. The second-order valence-electron chi connectivity index (χ2n) is 1.35. The molecule has 0 amide bonds. The zero-order chi connectivity index (χ0) is 4.99. The van der Waals surface area contributed by atoms with E-state index in [1.807, 2.05) is 0 Å². The monoisotopic (exact) mass is 83.1 g/mol. The first-order valence-electron chi connectivity index (χ1n) is 2.27. The highest BCUT2D eigenvalue weighted by Gasteiger charge is 1.78. The molecule has 0 N–H and O–H groups in total. The van der Waals surface area contributed by atoms with E-state index in [9.17, 15) is 0 Å². The highest BCUT2D eigenvalue weighted by atomic mass is 13.8. The predicted octanol–water partition coefficient (Wildman–Crippen LogP) is 2.18. The van der Waals surface area contributed by atoms with E-state index in [2.05, 4.69) is 20.4 Å². The molecule has 0 spiro atoms. The van der Waals surface area contributed by atoms with Crippen LogP contribution in [0.5, 0.6) is 0 Å². The molecule has 0 aromatic heterocycles. The van der Waals surface area contributed by atoms with Crippen LogP contribution in [0.15, 0.2) is 12.2 Å². The fourth-order valence-electron chi connectivity index (χ4n) is 0.177. The maximum absolute atomic E-state index is 3.73. The zero-order valence-electron chi connectivity index (χ0n) is 4.33. The fourth-order valence-corrected chi connectivity index (χ4v) is 0.177. The Morgan fingerprint density at radius 3 is 2.17 bits per heavy atom. The van der Waals surface area contributed by atoms with E-state index < -0.39 is 0 Å². The minimum Gasteiger partial charge on any atom is -0.0999 e. The summed E-state index contributed by atoms with van der Waals surface area (Å²) in [6, 6.07) is 0. The smallest absolute Gasteiger partial charge is 0.0323 e. The van der Waals surface area contributed by atoms with Crippen molar-refractivity contribution in [2.45, 2.75) is 19.8 Å². The first kappa shape index (κ1) is 5.74. The molecule has 0 atom stereocenters. The number of hydrogen-bond donors (Lipinski definition) is 0. The highest BCUT2D eigenvalue weighted by Crippen LogP contribution is 1.98. The molecule has 6 heavy (non-hydrogen) atoms. The molecule has 0 aromatic rings. The van der Waals surface area contributed by atoms with Crippen LogP contribution in [0.25, 0.3) is 0 Å². The molecule has 0 rings (SSSR count). The Bertz CT molecular complexity index is 38.0. The average Bonchev–Trinajstić information content (AvgIpc) is 1.65. The molecule has 0 saturated heterocycles. The summed E-state index contributed by atoms with van der Waals surface area (Å²) in [5.74, 6) is 0. The summed E-state index contributed by atoms with van der Waals surface area (Å²) in [5.41, 5.74) is 1.23. The van der Waals surface area contributed by atoms with Gasteiger partial charge in [-0.2, -0.15) is 0 Å². The maximum Gasteiger partial charge on any atom is -0.0323 e. The van der Waals surface area contributed by atoms with E-state index in [-0.39, 0.29) is 0 Å². The van der Waals surface area contributed by atoms with Crippen molar-refractivity contribution in [3.05, 3.63) is 19.1 Å². The first-order chi connectivity index (χ1) is 2.81. The van der Waals surface area contributed by atoms with Gasteiger partial charge in [-0.3, -0.25) is 0 Å². The van der Waals surface area contributed by atoms with Crippen molar-refractivity contribution in [2.24, 2.45) is 0 Å². The van der Waals surface area contributed by atoms with Gasteiger partial charge in [0.2, 0.25) is 0 Å². The Kier molecular flexibility index (Phi) is 2.82. The van der Waals surface area contributed by atoms with Crippen molar-refractivity contribution in [3.63, 3.8) is 0 Å². The molecule has 0 aliphatic rings. The van der Waals surface area contributed by atoms with Gasteiger partial charge in [0.15, 0.2) is 0 Å². The largest absolute Gasteiger partial charge is 0.0999 e. The molecule has 0 bridgehead atoms. The van der Waals surface area contributed by atoms with E-state index >= 15 is 0 Å². The topological polar surface area (TPSA) is 0 Å². The van der Waals surface area contributed by atoms with Crippen LogP contribution >= 0.6 is 0 Å². The Morgan fingerprint density at radius 1 is 1.67 bits per heavy atom. The molecule has 35 valence electrons. The van der Waals surface area contributed by atoms with Crippen LogP contribution in [0.2, 0.25) is 0 Å². The first-order valence-corrected chi connectivity index (χ1v) is 2.27. The van der Waals surface area contributed by atoms with Gasteiger partial charge in [0, 0.05) is 0 Å². The fraction of sp³-hybridized carbons (Fsp3) is 0.500. The SMILES string of the molecule is [CH2]CC(=C)CC. The number of hydrogen-bond acceptors (Lipinski definition) is 0. The summed E-state index contributed by atoms with van der Waals surface area (Å²) < 4.78 is 0. The quantitative estimate of drug-likeness (QED) is 0.449. The number of allylic oxidation sites excluding steroid dienone is 1. The van der Waals surface area contributed by atoms with E-state index in [0.29, 0.717) is 0 Å². The molecule has 0 saturated carbocycles. The van der Waals surface area contributed by atoms with E-state index in [4.69, 9.17) is 0 Å². The van der Waals surface area contributed by atoms with Crippen molar-refractivity contribution in [2.75, 3.05) is 0 Å². The van der Waals surface area contributed by atoms with Crippen LogP contribution in [-0.4, -0.2) is 0 Å². The van der Waals surface area contributed by atoms with Crippen molar-refractivity contribution < 1.29 is 0 Å². The molecule has 0 aliphatic carbocycles. The lowest BCUT2D eigenvalue weighted by Crippen LogP contribution is -1.69. The third-order valence-corrected chi connectivity index (χ3v) is 0.854. The summed E-state index contributed by atoms with van der Waals surface area (Å²) in [6.45, 7) is 9.48. The van der Waals surface area contributed by atoms with Gasteiger partial charge >= 0.3 is 0 Å². The third-order valence-electron chi connectivity index (χ3n) is 0.854. The van der Waals surface area contributed by atoms with Gasteiger partial charge in [0.25, 0.3) is 0 Å². The van der Waals surface area contributed by atoms with Gasteiger partial charge in [-0.05, 0) is 19.8 Å². The van der Waals surface area contributed by atoms with Crippen LogP contribution in [0, 0.1) is 6.92 Å². The van der Waals surface area contributed by atoms with E-state index in [0.717, 1.165) is 12.8 Å². The molecule has 0 fully saturated rings. The summed E-state index contributed by atoms with van der Waals surface area (Å²) in [4.78, 5) is 0. The van der Waals surface area contributed by atoms with Crippen molar-refractivity contribution in [1.82, 2.24) is 0 Å². The standard InChI is InChI=1S/C6H11/c1-4-6(3)5-2/h1,3-5H2,2H3. The predicted molar refractivity (Wildman–Crippen MR) is 29.4 cm³/mol. The highest BCUT2D eigenvalue weighted by molar-refractivity contribution is 4.92. The molecule has 0 unspecified atom stereocenters. The van der Waals surface area contributed by atoms with Crippen LogP contribution in [0.3, 0.4) is 0 Å². The summed E-state index contributed by atoms with van der Waals surface area (Å²) in [7, 11) is 0. The Labute approximate surface area is 39.9 Å². The van der Waals surface area contributed by atoms with Crippen molar-refractivity contribution in [3.8, 4) is 0 Å². The minimum atomic E-state index is 0.885. The third kappa shape index (κ3) is 2.01. The van der Waals surface area contributed by atoms with E-state index in [1.165, 1.54) is 5.57 Å². The molecule has 0 heterocycles. The minimum absolute atomic E-state index is 0.885. The maximum atomic E-state index is 3.73. The summed E-state index contributed by atoms with van der Waals surface area (Å²) >= 11 is 0. The van der Waals surface area contributed by atoms with Crippen LogP contribution < -0.4 is 0 Å². The normalized spacial score (nSPS) is 8.33. The van der Waals surface area contributed by atoms with Crippen molar-refractivity contribution >= 4 is 0 Å². The van der Waals surface area contributed by atoms with Gasteiger partial charge in [0.05, 0.1) is 0 Å². The molecule has 0 aliphatic heterocycles. The van der Waals surface area contributed by atoms with Gasteiger partial charge in [0.1, 0.15) is 0 Å². The lowest BCUT2D eigenvalue weighted by Gasteiger charge is -1.89. The van der Waals surface area contributed by atoms with Gasteiger partial charge in [-0.25, -0.2) is 0 Å². The van der Waals surface area contributed by atoms with Gasteiger partial charge in [-0.15, -0.1) is 0 Å². The van der Waals surface area contributed by atoms with Gasteiger partial charge in [-0.1, -0.05) is 19.1 Å². The molecular formula is C6H11. The summed E-state index contributed by atoms with van der Waals surface area (Å²) in [5, 5.41) is 0. The molecule has 1 radical (unpaired) electrons. The van der Waals surface area contributed by atoms with Crippen LogP contribution in [-0.2, 0) is 0 Å². The lowest BCUT2D eigenvalue weighted by molar-refractivity contribution is 1.04. The molecule has 0 aromatic carbocycles. The zero-order valence-corrected chi connectivity index (χ0v) is 4.33. The summed E-state index contributed by atoms with van der Waals surface area (Å²) in [6.07, 6.45) is 1.96. The van der Waals surface area contributed by atoms with Crippen LogP contribution in [0.1, 0.15) is 19.8 Å². The molecule has 0 heteroatoms. The van der Waals surface area contributed by atoms with E-state index in [1.54, 1.807) is 0 Å². The Balaban J connectivity index is 2.99. The number of rotatable bonds is 2. The Hall–Kier alpha value is -0.260. The second-order valence-corrected chi connectivity index (χ2v) is 1.35.